The van der Waals surface area contributed by atoms with Crippen LogP contribution in [0.3, 0.4) is 0 Å². The number of benzene rings is 2. The number of nitrogens with one attached hydrogen (secondary N) is 1. The molecule has 0 unspecified atom stereocenters. The normalized spacial score (nSPS) is 18.1. The number of anilines is 1. The Morgan fingerprint density at radius 3 is 2.68 bits per heavy atom. The van der Waals surface area contributed by atoms with Gasteiger partial charge in [-0.05, 0) is 42.8 Å². The highest BCUT2D eigenvalue weighted by molar-refractivity contribution is 5.98. The van der Waals surface area contributed by atoms with Crippen LogP contribution in [0.5, 0.6) is 5.88 Å². The van der Waals surface area contributed by atoms with Crippen LogP contribution in [0.25, 0.3) is 11.1 Å². The number of para-hydroxylation sites is 1. The van der Waals surface area contributed by atoms with Gasteiger partial charge < -0.3 is 25.0 Å². The van der Waals surface area contributed by atoms with Gasteiger partial charge >= 0.3 is 6.03 Å². The third-order valence-corrected chi connectivity index (χ3v) is 6.59. The largest absolute Gasteiger partial charge is 0.472 e. The minimum absolute atomic E-state index is 0.0569. The van der Waals surface area contributed by atoms with E-state index in [2.05, 4.69) is 10.3 Å². The lowest BCUT2D eigenvalue weighted by atomic mass is 9.99. The summed E-state index contributed by atoms with van der Waals surface area (Å²) in [6, 6.07) is 12.4. The number of nitrogens with zero attached hydrogens (tertiary/aromatic N) is 3. The van der Waals surface area contributed by atoms with Crippen molar-refractivity contribution in [3.63, 3.8) is 0 Å². The van der Waals surface area contributed by atoms with Crippen molar-refractivity contribution < 1.29 is 28.2 Å². The first-order valence-corrected chi connectivity index (χ1v) is 12.3. The molecule has 2 heterocycles. The number of hydrogen-bond donors (Lipinski definition) is 2. The van der Waals surface area contributed by atoms with Crippen molar-refractivity contribution in [1.82, 2.24) is 14.8 Å². The van der Waals surface area contributed by atoms with Crippen LogP contribution in [-0.4, -0.2) is 70.7 Å². The molecule has 10 heteroatoms. The first-order valence-electron chi connectivity index (χ1n) is 12.3. The summed E-state index contributed by atoms with van der Waals surface area (Å²) in [4.78, 5) is 33.7. The summed E-state index contributed by atoms with van der Waals surface area (Å²) in [5, 5.41) is 12.4. The first kappa shape index (κ1) is 27.0. The molecule has 2 aromatic carbocycles. The molecule has 1 aliphatic heterocycles. The lowest BCUT2D eigenvalue weighted by Crippen LogP contribution is -2.50. The number of fused-ring (bicyclic) bond motifs is 1. The molecule has 38 heavy (non-hydrogen) atoms. The van der Waals surface area contributed by atoms with Crippen molar-refractivity contribution in [2.75, 3.05) is 32.1 Å². The van der Waals surface area contributed by atoms with Crippen molar-refractivity contribution >= 4 is 17.6 Å². The van der Waals surface area contributed by atoms with Gasteiger partial charge in [0.2, 0.25) is 5.88 Å². The minimum Gasteiger partial charge on any atom is -0.472 e. The van der Waals surface area contributed by atoms with Gasteiger partial charge in [-0.3, -0.25) is 4.79 Å². The summed E-state index contributed by atoms with van der Waals surface area (Å²) in [5.41, 5.74) is 1.30. The number of rotatable bonds is 6. The molecule has 0 spiro atoms. The fourth-order valence-corrected chi connectivity index (χ4v) is 4.27. The highest BCUT2D eigenvalue weighted by atomic mass is 19.1. The van der Waals surface area contributed by atoms with Crippen LogP contribution in [-0.2, 0) is 0 Å². The smallest absolute Gasteiger partial charge is 0.321 e. The molecule has 0 bridgehead atoms. The number of pyridine rings is 1. The van der Waals surface area contributed by atoms with Crippen molar-refractivity contribution in [1.29, 1.82) is 0 Å². The van der Waals surface area contributed by atoms with E-state index < -0.39 is 29.8 Å². The Morgan fingerprint density at radius 1 is 1.21 bits per heavy atom. The average Bonchev–Trinajstić information content (AvgIpc) is 2.91. The first-order chi connectivity index (χ1) is 18.2. The zero-order chi connectivity index (χ0) is 27.4. The number of ether oxygens (including phenoxy) is 1. The molecule has 2 N–H and O–H groups in total. The van der Waals surface area contributed by atoms with Crippen molar-refractivity contribution in [2.45, 2.75) is 26.0 Å². The predicted molar refractivity (Wildman–Crippen MR) is 139 cm³/mol. The molecule has 3 atom stereocenters. The van der Waals surface area contributed by atoms with Gasteiger partial charge in [0, 0.05) is 31.3 Å². The van der Waals surface area contributed by atoms with E-state index in [1.165, 1.54) is 41.4 Å². The fourth-order valence-electron chi connectivity index (χ4n) is 4.27. The van der Waals surface area contributed by atoms with Crippen LogP contribution in [0.2, 0.25) is 0 Å². The molecular formula is C28H30F2N4O4. The van der Waals surface area contributed by atoms with Crippen molar-refractivity contribution in [3.8, 4) is 17.0 Å². The molecule has 0 saturated carbocycles. The van der Waals surface area contributed by atoms with E-state index in [1.54, 1.807) is 43.1 Å². The van der Waals surface area contributed by atoms with E-state index in [0.717, 1.165) is 0 Å². The Balaban J connectivity index is 1.64. The molecular weight excluding hydrogens is 494 g/mol. The number of amides is 3. The number of aliphatic hydroxyl groups excluding tert-OH is 1. The highest BCUT2D eigenvalue weighted by Crippen LogP contribution is 2.30. The van der Waals surface area contributed by atoms with Crippen molar-refractivity contribution in [2.24, 2.45) is 5.92 Å². The van der Waals surface area contributed by atoms with Gasteiger partial charge in [0.15, 0.2) is 0 Å². The summed E-state index contributed by atoms with van der Waals surface area (Å²) in [6.45, 7) is 3.73. The minimum atomic E-state index is -0.584. The third-order valence-electron chi connectivity index (χ3n) is 6.59. The molecule has 8 nitrogen and oxygen atoms in total. The molecule has 1 aliphatic rings. The maximum atomic E-state index is 14.0. The van der Waals surface area contributed by atoms with Gasteiger partial charge in [0.1, 0.15) is 23.3 Å². The average molecular weight is 525 g/mol. The van der Waals surface area contributed by atoms with Crippen molar-refractivity contribution in [3.05, 3.63) is 78.0 Å². The van der Waals surface area contributed by atoms with E-state index in [-0.39, 0.29) is 48.7 Å². The van der Waals surface area contributed by atoms with Gasteiger partial charge in [0.05, 0.1) is 24.9 Å². The molecule has 3 amide bonds. The van der Waals surface area contributed by atoms with E-state index >= 15 is 0 Å². The number of carbonyl (C=O) groups is 2. The van der Waals surface area contributed by atoms with E-state index in [4.69, 9.17) is 4.74 Å². The van der Waals surface area contributed by atoms with E-state index in [9.17, 15) is 23.5 Å². The summed E-state index contributed by atoms with van der Waals surface area (Å²) in [7, 11) is 1.56. The SMILES string of the molecule is C[C@H]1CN([C@@H](C)CO)C(=O)c2cc(-c3cccc(F)c3)cnc2O[C@@H]1CN(C)C(=O)Nc1ccccc1F. The molecule has 4 rings (SSSR count). The van der Waals surface area contributed by atoms with Gasteiger partial charge in [0.25, 0.3) is 5.91 Å². The Hall–Kier alpha value is -4.05. The Morgan fingerprint density at radius 2 is 1.97 bits per heavy atom. The maximum absolute atomic E-state index is 14.0. The second kappa shape index (κ2) is 11.6. The van der Waals surface area contributed by atoms with Crippen LogP contribution < -0.4 is 10.1 Å². The molecule has 3 aromatic rings. The van der Waals surface area contributed by atoms with Crippen LogP contribution >= 0.6 is 0 Å². The molecule has 1 aromatic heterocycles. The Labute approximate surface area is 219 Å². The van der Waals surface area contributed by atoms with E-state index in [0.29, 0.717) is 11.1 Å². The summed E-state index contributed by atoms with van der Waals surface area (Å²) >= 11 is 0. The molecule has 0 radical (unpaired) electrons. The number of aliphatic hydroxyl groups is 1. The van der Waals surface area contributed by atoms with Gasteiger partial charge in [-0.1, -0.05) is 31.2 Å². The summed E-state index contributed by atoms with van der Waals surface area (Å²) in [6.07, 6.45) is 0.915. The van der Waals surface area contributed by atoms with Gasteiger partial charge in [-0.2, -0.15) is 0 Å². The monoisotopic (exact) mass is 524 g/mol. The number of aromatic nitrogens is 1. The third kappa shape index (κ3) is 5.91. The Bertz CT molecular complexity index is 1320. The molecule has 0 aliphatic carbocycles. The van der Waals surface area contributed by atoms with Crippen LogP contribution in [0.1, 0.15) is 24.2 Å². The van der Waals surface area contributed by atoms with Gasteiger partial charge in [-0.15, -0.1) is 0 Å². The van der Waals surface area contributed by atoms with E-state index in [1.807, 2.05) is 6.92 Å². The number of likely N-dealkylation sites (N-methyl/N-ethyl adjacent to an activating group) is 1. The Kier molecular flexibility index (Phi) is 8.21. The summed E-state index contributed by atoms with van der Waals surface area (Å²) < 4.78 is 34.1. The zero-order valence-corrected chi connectivity index (χ0v) is 21.4. The number of carbonyl (C=O) groups excluding carboxylic acids is 2. The topological polar surface area (TPSA) is 95.0 Å². The second-order valence-corrected chi connectivity index (χ2v) is 9.50. The predicted octanol–water partition coefficient (Wildman–Crippen LogP) is 4.41. The summed E-state index contributed by atoms with van der Waals surface area (Å²) in [5.74, 6) is -1.52. The fraction of sp³-hybridized carbons (Fsp3) is 0.321. The molecule has 200 valence electrons. The zero-order valence-electron chi connectivity index (χ0n) is 21.4. The lowest BCUT2D eigenvalue weighted by Gasteiger charge is -2.37. The lowest BCUT2D eigenvalue weighted by molar-refractivity contribution is 0.0356. The van der Waals surface area contributed by atoms with Gasteiger partial charge in [-0.25, -0.2) is 18.6 Å². The van der Waals surface area contributed by atoms with Crippen LogP contribution in [0.15, 0.2) is 60.8 Å². The maximum Gasteiger partial charge on any atom is 0.321 e. The quantitative estimate of drug-likeness (QED) is 0.498. The second-order valence-electron chi connectivity index (χ2n) is 9.50. The standard InChI is InChI=1S/C28H30F2N4O4/c1-17-14-34(18(2)16-35)27(36)22-12-20(19-7-6-8-21(29)11-19)13-31-26(22)38-25(17)15-33(3)28(37)32-24-10-5-4-9-23(24)30/h4-13,17-18,25,35H,14-16H2,1-3H3,(H,32,37)/t17-,18-,25+/m0/s1. The van der Waals surface area contributed by atoms with Crippen LogP contribution in [0.4, 0.5) is 19.3 Å². The number of hydrogen-bond acceptors (Lipinski definition) is 5. The highest BCUT2D eigenvalue weighted by Gasteiger charge is 2.35. The molecule has 0 saturated heterocycles. The van der Waals surface area contributed by atoms with Crippen LogP contribution in [0, 0.1) is 17.6 Å². The molecule has 0 fully saturated rings. The number of halogens is 2. The number of urea groups is 1.